The normalized spacial score (nSPS) is 15.5. The molecule has 1 aliphatic heterocycles. The molecule has 2 N–H and O–H groups in total. The topological polar surface area (TPSA) is 53.6 Å². The number of rotatable bonds is 7. The Morgan fingerprint density at radius 3 is 2.55 bits per heavy atom. The summed E-state index contributed by atoms with van der Waals surface area (Å²) in [5.74, 6) is 0. The van der Waals surface area contributed by atoms with Crippen LogP contribution in [0.2, 0.25) is 0 Å². The summed E-state index contributed by atoms with van der Waals surface area (Å²) in [7, 11) is 0. The first kappa shape index (κ1) is 17.2. The van der Waals surface area contributed by atoms with Crippen LogP contribution in [-0.4, -0.2) is 56.9 Å². The Labute approximate surface area is 140 Å². The van der Waals surface area contributed by atoms with E-state index >= 15 is 0 Å². The molecule has 1 aliphatic rings. The molecule has 2 rings (SSSR count). The fourth-order valence-corrected chi connectivity index (χ4v) is 2.63. The molecule has 0 bridgehead atoms. The predicted molar refractivity (Wildman–Crippen MR) is 91.1 cm³/mol. The molecule has 2 amide bonds. The summed E-state index contributed by atoms with van der Waals surface area (Å²) in [5, 5.41) is 5.79. The van der Waals surface area contributed by atoms with E-state index in [1.54, 1.807) is 0 Å². The SMILES string of the molecule is O=C(NCCCN1CCOCC1)NCCc1ccc(Br)cc1. The van der Waals surface area contributed by atoms with Gasteiger partial charge in [0.1, 0.15) is 0 Å². The van der Waals surface area contributed by atoms with Crippen molar-refractivity contribution in [3.8, 4) is 0 Å². The van der Waals surface area contributed by atoms with Crippen molar-refractivity contribution in [2.45, 2.75) is 12.8 Å². The molecule has 0 saturated carbocycles. The van der Waals surface area contributed by atoms with Crippen molar-refractivity contribution in [3.63, 3.8) is 0 Å². The average molecular weight is 370 g/mol. The molecule has 1 aromatic rings. The molecule has 0 aliphatic carbocycles. The Balaban J connectivity index is 1.49. The summed E-state index contributed by atoms with van der Waals surface area (Å²) in [6.07, 6.45) is 1.81. The molecule has 6 heteroatoms. The third-order valence-corrected chi connectivity index (χ3v) is 4.18. The number of amides is 2. The number of carbonyl (C=O) groups excluding carboxylic acids is 1. The van der Waals surface area contributed by atoms with Crippen LogP contribution in [0.5, 0.6) is 0 Å². The third kappa shape index (κ3) is 6.77. The van der Waals surface area contributed by atoms with Crippen molar-refractivity contribution >= 4 is 22.0 Å². The lowest BCUT2D eigenvalue weighted by Crippen LogP contribution is -2.40. The first-order valence-corrected chi connectivity index (χ1v) is 8.59. The predicted octanol–water partition coefficient (Wildman–Crippen LogP) is 2.01. The molecule has 1 aromatic carbocycles. The highest BCUT2D eigenvalue weighted by Gasteiger charge is 2.09. The molecule has 0 radical (unpaired) electrons. The number of urea groups is 1. The monoisotopic (exact) mass is 369 g/mol. The van der Waals surface area contributed by atoms with Gasteiger partial charge in [-0.3, -0.25) is 4.90 Å². The van der Waals surface area contributed by atoms with E-state index in [0.29, 0.717) is 13.1 Å². The van der Waals surface area contributed by atoms with Crippen LogP contribution >= 0.6 is 15.9 Å². The highest BCUT2D eigenvalue weighted by Crippen LogP contribution is 2.10. The van der Waals surface area contributed by atoms with Crippen LogP contribution in [0.3, 0.4) is 0 Å². The summed E-state index contributed by atoms with van der Waals surface area (Å²) in [6.45, 7) is 6.02. The maximum absolute atomic E-state index is 11.7. The Morgan fingerprint density at radius 1 is 1.14 bits per heavy atom. The molecule has 0 atom stereocenters. The van der Waals surface area contributed by atoms with Gasteiger partial charge in [-0.05, 0) is 37.1 Å². The molecular weight excluding hydrogens is 346 g/mol. The van der Waals surface area contributed by atoms with Gasteiger partial charge in [-0.25, -0.2) is 4.79 Å². The van der Waals surface area contributed by atoms with Gasteiger partial charge in [0, 0.05) is 30.7 Å². The summed E-state index contributed by atoms with van der Waals surface area (Å²) >= 11 is 3.41. The van der Waals surface area contributed by atoms with Crippen LogP contribution in [-0.2, 0) is 11.2 Å². The van der Waals surface area contributed by atoms with Crippen molar-refractivity contribution in [3.05, 3.63) is 34.3 Å². The summed E-state index contributed by atoms with van der Waals surface area (Å²) < 4.78 is 6.38. The van der Waals surface area contributed by atoms with E-state index in [-0.39, 0.29) is 6.03 Å². The van der Waals surface area contributed by atoms with E-state index in [1.165, 1.54) is 5.56 Å². The lowest BCUT2D eigenvalue weighted by Gasteiger charge is -2.26. The van der Waals surface area contributed by atoms with Gasteiger partial charge in [-0.1, -0.05) is 28.1 Å². The second-order valence-electron chi connectivity index (χ2n) is 5.37. The largest absolute Gasteiger partial charge is 0.379 e. The van der Waals surface area contributed by atoms with Crippen LogP contribution in [0.1, 0.15) is 12.0 Å². The summed E-state index contributed by atoms with van der Waals surface area (Å²) in [6, 6.07) is 8.07. The van der Waals surface area contributed by atoms with Gasteiger partial charge in [0.05, 0.1) is 13.2 Å². The van der Waals surface area contributed by atoms with E-state index in [4.69, 9.17) is 4.74 Å². The molecule has 0 unspecified atom stereocenters. The Hall–Kier alpha value is -1.11. The standard InChI is InChI=1S/C16H24BrN3O2/c17-15-4-2-14(3-5-15)6-8-19-16(21)18-7-1-9-20-10-12-22-13-11-20/h2-5H,1,6-13H2,(H2,18,19,21). The van der Waals surface area contributed by atoms with Crippen LogP contribution in [0.15, 0.2) is 28.7 Å². The van der Waals surface area contributed by atoms with Gasteiger partial charge < -0.3 is 15.4 Å². The zero-order chi connectivity index (χ0) is 15.6. The van der Waals surface area contributed by atoms with Crippen LogP contribution in [0, 0.1) is 0 Å². The Morgan fingerprint density at radius 2 is 1.82 bits per heavy atom. The van der Waals surface area contributed by atoms with Gasteiger partial charge in [0.2, 0.25) is 0 Å². The van der Waals surface area contributed by atoms with Gasteiger partial charge >= 0.3 is 6.03 Å². The number of hydrogen-bond donors (Lipinski definition) is 2. The molecule has 5 nitrogen and oxygen atoms in total. The van der Waals surface area contributed by atoms with Crippen LogP contribution in [0.25, 0.3) is 0 Å². The number of halogens is 1. The molecule has 1 fully saturated rings. The molecular formula is C16H24BrN3O2. The minimum atomic E-state index is -0.0842. The van der Waals surface area contributed by atoms with E-state index in [9.17, 15) is 4.79 Å². The highest BCUT2D eigenvalue weighted by atomic mass is 79.9. The smallest absolute Gasteiger partial charge is 0.314 e. The molecule has 1 saturated heterocycles. The van der Waals surface area contributed by atoms with Crippen molar-refractivity contribution in [1.82, 2.24) is 15.5 Å². The minimum absolute atomic E-state index is 0.0842. The first-order valence-electron chi connectivity index (χ1n) is 7.80. The second kappa shape index (κ2) is 9.82. The quantitative estimate of drug-likeness (QED) is 0.722. The lowest BCUT2D eigenvalue weighted by atomic mass is 10.1. The first-order chi connectivity index (χ1) is 10.7. The van der Waals surface area contributed by atoms with Crippen molar-refractivity contribution in [2.24, 2.45) is 0 Å². The number of benzene rings is 1. The molecule has 0 aromatic heterocycles. The fraction of sp³-hybridized carbons (Fsp3) is 0.562. The number of nitrogens with zero attached hydrogens (tertiary/aromatic N) is 1. The summed E-state index contributed by atoms with van der Waals surface area (Å²) in [5.41, 5.74) is 1.22. The minimum Gasteiger partial charge on any atom is -0.379 e. The van der Waals surface area contributed by atoms with E-state index in [0.717, 1.165) is 50.2 Å². The van der Waals surface area contributed by atoms with Gasteiger partial charge in [-0.2, -0.15) is 0 Å². The molecule has 0 spiro atoms. The van der Waals surface area contributed by atoms with Crippen LogP contribution < -0.4 is 10.6 Å². The summed E-state index contributed by atoms with van der Waals surface area (Å²) in [4.78, 5) is 14.0. The van der Waals surface area contributed by atoms with Gasteiger partial charge in [0.15, 0.2) is 0 Å². The molecule has 1 heterocycles. The van der Waals surface area contributed by atoms with E-state index in [2.05, 4.69) is 43.6 Å². The van der Waals surface area contributed by atoms with Crippen molar-refractivity contribution < 1.29 is 9.53 Å². The second-order valence-corrected chi connectivity index (χ2v) is 6.28. The number of hydrogen-bond acceptors (Lipinski definition) is 3. The van der Waals surface area contributed by atoms with E-state index in [1.807, 2.05) is 12.1 Å². The number of morpholine rings is 1. The maximum Gasteiger partial charge on any atom is 0.314 e. The fourth-order valence-electron chi connectivity index (χ4n) is 2.36. The highest BCUT2D eigenvalue weighted by molar-refractivity contribution is 9.10. The van der Waals surface area contributed by atoms with Gasteiger partial charge in [-0.15, -0.1) is 0 Å². The molecule has 22 heavy (non-hydrogen) atoms. The van der Waals surface area contributed by atoms with Gasteiger partial charge in [0.25, 0.3) is 0 Å². The number of carbonyl (C=O) groups is 1. The number of ether oxygens (including phenoxy) is 1. The van der Waals surface area contributed by atoms with Crippen molar-refractivity contribution in [1.29, 1.82) is 0 Å². The van der Waals surface area contributed by atoms with Crippen molar-refractivity contribution in [2.75, 3.05) is 45.9 Å². The zero-order valence-corrected chi connectivity index (χ0v) is 14.4. The lowest BCUT2D eigenvalue weighted by molar-refractivity contribution is 0.0375. The Bertz CT molecular complexity index is 447. The van der Waals surface area contributed by atoms with Crippen LogP contribution in [0.4, 0.5) is 4.79 Å². The zero-order valence-electron chi connectivity index (χ0n) is 12.8. The average Bonchev–Trinajstić information content (AvgIpc) is 2.54. The third-order valence-electron chi connectivity index (χ3n) is 3.65. The maximum atomic E-state index is 11.7. The molecule has 122 valence electrons. The van der Waals surface area contributed by atoms with E-state index < -0.39 is 0 Å². The number of nitrogens with one attached hydrogen (secondary N) is 2. The Kier molecular flexibility index (Phi) is 7.70.